The molecule has 3 N–H and O–H groups in total. The fourth-order valence-electron chi connectivity index (χ4n) is 9.24. The van der Waals surface area contributed by atoms with Gasteiger partial charge in [0.25, 0.3) is 0 Å². The number of halogens is 3. The van der Waals surface area contributed by atoms with E-state index in [4.69, 9.17) is 46.3 Å². The number of nitrogen functional groups attached to an aromatic ring is 1. The molecule has 0 saturated carbocycles. The van der Waals surface area contributed by atoms with Crippen LogP contribution in [0, 0.1) is 25.5 Å². The third-order valence-corrected chi connectivity index (χ3v) is 13.9. The van der Waals surface area contributed by atoms with Crippen LogP contribution in [-0.4, -0.2) is 107 Å². The molecule has 16 nitrogen and oxygen atoms in total. The highest BCUT2D eigenvalue weighted by Crippen LogP contribution is 2.40. The van der Waals surface area contributed by atoms with Gasteiger partial charge >= 0.3 is 0 Å². The normalized spacial score (nSPS) is 13.3. The Morgan fingerprint density at radius 1 is 0.570 bits per heavy atom. The van der Waals surface area contributed by atoms with Crippen LogP contribution < -0.4 is 30.3 Å². The van der Waals surface area contributed by atoms with Crippen LogP contribution in [0.15, 0.2) is 147 Å². The summed E-state index contributed by atoms with van der Waals surface area (Å²) in [5.41, 5.74) is 17.0. The zero-order valence-corrected chi connectivity index (χ0v) is 44.6. The van der Waals surface area contributed by atoms with Crippen molar-refractivity contribution in [3.63, 3.8) is 0 Å². The van der Waals surface area contributed by atoms with Gasteiger partial charge < -0.3 is 39.8 Å². The molecule has 19 heteroatoms. The predicted molar refractivity (Wildman–Crippen MR) is 306 cm³/mol. The summed E-state index contributed by atoms with van der Waals surface area (Å²) in [6.45, 7) is 9.64. The van der Waals surface area contributed by atoms with Crippen LogP contribution in [0.25, 0.3) is 66.8 Å². The Kier molecular flexibility index (Phi) is 16.6. The van der Waals surface area contributed by atoms with E-state index < -0.39 is 0 Å². The van der Waals surface area contributed by atoms with Crippen molar-refractivity contribution in [1.29, 1.82) is 0 Å². The number of hydrogen-bond acceptors (Lipinski definition) is 16. The maximum atomic E-state index is 15.4. The van der Waals surface area contributed by atoms with Crippen LogP contribution in [0.5, 0.6) is 11.5 Å². The number of rotatable bonds is 10. The van der Waals surface area contributed by atoms with E-state index in [0.717, 1.165) is 95.8 Å². The lowest BCUT2D eigenvalue weighted by molar-refractivity contribution is 0.122. The lowest BCUT2D eigenvalue weighted by atomic mass is 10.0. The summed E-state index contributed by atoms with van der Waals surface area (Å²) in [5.74, 6) is 2.31. The number of morpholine rings is 2. The predicted octanol–water partition coefficient (Wildman–Crippen LogP) is 11.8. The molecule has 0 radical (unpaired) electrons. The van der Waals surface area contributed by atoms with Crippen LogP contribution in [-0.2, 0) is 9.47 Å². The van der Waals surface area contributed by atoms with E-state index in [2.05, 4.69) is 45.0 Å². The van der Waals surface area contributed by atoms with Gasteiger partial charge in [0.05, 0.1) is 114 Å². The highest BCUT2D eigenvalue weighted by molar-refractivity contribution is 6.36. The van der Waals surface area contributed by atoms with Crippen molar-refractivity contribution in [2.24, 2.45) is 0 Å². The van der Waals surface area contributed by atoms with Gasteiger partial charge in [-0.15, -0.1) is 0 Å². The summed E-state index contributed by atoms with van der Waals surface area (Å²) in [6, 6.07) is 28.6. The summed E-state index contributed by atoms with van der Waals surface area (Å²) in [5, 5.41) is 4.74. The highest BCUT2D eigenvalue weighted by atomic mass is 35.5. The van der Waals surface area contributed by atoms with Gasteiger partial charge in [-0.1, -0.05) is 35.9 Å². The van der Waals surface area contributed by atoms with E-state index in [1.54, 1.807) is 75.8 Å². The summed E-state index contributed by atoms with van der Waals surface area (Å²) in [6.07, 6.45) is 13.9. The Labute approximate surface area is 460 Å². The summed E-state index contributed by atoms with van der Waals surface area (Å²) < 4.78 is 50.7. The Balaban J connectivity index is 0.000000148. The minimum atomic E-state index is -0.356. The monoisotopic (exact) mass is 1080 g/mol. The summed E-state index contributed by atoms with van der Waals surface area (Å²) >= 11 is 6.28. The molecular weight excluding hydrogens is 1030 g/mol. The number of nitrogens with zero attached hydrogens (tertiary/aromatic N) is 10. The van der Waals surface area contributed by atoms with Gasteiger partial charge in [-0.2, -0.15) is 0 Å². The fourth-order valence-corrected chi connectivity index (χ4v) is 9.52. The fraction of sp³-hybridized carbons (Fsp3) is 0.200. The molecule has 0 amide bonds. The van der Waals surface area contributed by atoms with Crippen molar-refractivity contribution < 1.29 is 27.7 Å². The topological polar surface area (TPSA) is 185 Å². The number of benzene rings is 2. The number of pyridine rings is 8. The smallest absolute Gasteiger partial charge is 0.137 e. The first-order chi connectivity index (χ1) is 38.6. The minimum absolute atomic E-state index is 0.356. The maximum Gasteiger partial charge on any atom is 0.137 e. The molecule has 0 unspecified atom stereocenters. The van der Waals surface area contributed by atoms with Gasteiger partial charge in [0.1, 0.15) is 34.8 Å². The SMILES string of the molecule is COc1cncc(-c2cnc(N3CCOCC3)cc2N)c1.COc1cncc(-c2cnc(N3CCOCC3)cc2Nc2c(C)c(-c3ccccn3)nc3cccc(F)c23)c1.Cc1c(-c2ccccn2)nc2cccc(F)c2c1Cl. The van der Waals surface area contributed by atoms with Crippen molar-refractivity contribution in [2.75, 3.05) is 87.7 Å². The molecule has 2 fully saturated rings. The second kappa shape index (κ2) is 24.6. The van der Waals surface area contributed by atoms with Gasteiger partial charge in [0.2, 0.25) is 0 Å². The number of fused-ring (bicyclic) bond motifs is 2. The molecule has 0 atom stereocenters. The van der Waals surface area contributed by atoms with Crippen LogP contribution in [0.4, 0.5) is 37.5 Å². The number of nitrogens with two attached hydrogens (primary N) is 1. The van der Waals surface area contributed by atoms with Crippen molar-refractivity contribution >= 4 is 62.1 Å². The molecule has 79 heavy (non-hydrogen) atoms. The standard InChI is InChI=1S/C30H27FN6O2.C15H10ClFN2.C15H18N4O2/c1-19-29(25-7-3-4-9-33-25)35-24-8-5-6-23(31)28(24)30(19)36-26-15-27(37-10-12-39-13-11-37)34-18-22(26)20-14-21(38-2)17-32-16-20;1-9-14(16)13-10(17)5-4-7-11(13)19-15(9)12-6-2-3-8-18-12;1-20-12-6-11(8-17-9-12)13-10-18-15(7-14(13)16)19-2-4-21-5-3-19/h3-9,14-18H,10-13H2,1-2H3,(H,34,35,36);2-8H,1H3;6-10H,2-5H2,1H3,(H2,16,18). The van der Waals surface area contributed by atoms with Crippen LogP contribution in [0.2, 0.25) is 5.02 Å². The molecule has 2 aliphatic rings. The van der Waals surface area contributed by atoms with Crippen molar-refractivity contribution in [2.45, 2.75) is 13.8 Å². The van der Waals surface area contributed by atoms with E-state index in [1.807, 2.05) is 86.8 Å². The van der Waals surface area contributed by atoms with E-state index >= 15 is 4.39 Å². The number of methoxy groups -OCH3 is 2. The number of ether oxygens (including phenoxy) is 4. The van der Waals surface area contributed by atoms with Gasteiger partial charge in [-0.05, 0) is 80.1 Å². The maximum absolute atomic E-state index is 15.4. The molecule has 0 aliphatic carbocycles. The van der Waals surface area contributed by atoms with E-state index in [1.165, 1.54) is 12.1 Å². The molecular formula is C60H55ClF2N12O4. The van der Waals surface area contributed by atoms with Crippen LogP contribution in [0.3, 0.4) is 0 Å². The van der Waals surface area contributed by atoms with E-state index in [-0.39, 0.29) is 11.6 Å². The Hall–Kier alpha value is -8.97. The Morgan fingerprint density at radius 3 is 1.61 bits per heavy atom. The number of nitrogens with one attached hydrogen (secondary N) is 1. The zero-order valence-electron chi connectivity index (χ0n) is 43.8. The molecule has 8 aromatic heterocycles. The first kappa shape index (κ1) is 53.4. The van der Waals surface area contributed by atoms with E-state index in [0.29, 0.717) is 80.0 Å². The molecule has 2 aliphatic heterocycles. The highest BCUT2D eigenvalue weighted by Gasteiger charge is 2.22. The summed E-state index contributed by atoms with van der Waals surface area (Å²) in [4.78, 5) is 40.2. The zero-order chi connectivity index (χ0) is 54.8. The number of hydrogen-bond donors (Lipinski definition) is 2. The quantitative estimate of drug-likeness (QED) is 0.132. The molecule has 400 valence electrons. The lowest BCUT2D eigenvalue weighted by Gasteiger charge is -2.28. The third-order valence-electron chi connectivity index (χ3n) is 13.4. The van der Waals surface area contributed by atoms with Crippen molar-refractivity contribution in [1.82, 2.24) is 39.9 Å². The number of aromatic nitrogens is 8. The molecule has 0 bridgehead atoms. The Morgan fingerprint density at radius 2 is 1.08 bits per heavy atom. The van der Waals surface area contributed by atoms with E-state index in [9.17, 15) is 4.39 Å². The summed E-state index contributed by atoms with van der Waals surface area (Å²) in [7, 11) is 3.22. The first-order valence-electron chi connectivity index (χ1n) is 25.4. The average molecular weight is 1080 g/mol. The number of anilines is 5. The van der Waals surface area contributed by atoms with Gasteiger partial charge in [0.15, 0.2) is 0 Å². The third kappa shape index (κ3) is 12.0. The largest absolute Gasteiger partial charge is 0.495 e. The second-order valence-electron chi connectivity index (χ2n) is 18.3. The molecule has 0 spiro atoms. The molecule has 2 aromatic carbocycles. The molecule has 10 heterocycles. The first-order valence-corrected chi connectivity index (χ1v) is 25.8. The lowest BCUT2D eigenvalue weighted by Crippen LogP contribution is -2.36. The Bertz CT molecular complexity index is 3760. The van der Waals surface area contributed by atoms with Gasteiger partial charge in [0, 0.05) is 109 Å². The van der Waals surface area contributed by atoms with Crippen LogP contribution >= 0.6 is 11.6 Å². The van der Waals surface area contributed by atoms with Gasteiger partial charge in [-0.3, -0.25) is 19.9 Å². The average Bonchev–Trinajstić information content (AvgIpc) is 3.55. The molecule has 10 aromatic rings. The molecule has 2 saturated heterocycles. The minimum Gasteiger partial charge on any atom is -0.495 e. The second-order valence-corrected chi connectivity index (χ2v) is 18.7. The van der Waals surface area contributed by atoms with Gasteiger partial charge in [-0.25, -0.2) is 28.7 Å². The van der Waals surface area contributed by atoms with Crippen LogP contribution in [0.1, 0.15) is 11.1 Å². The molecule has 12 rings (SSSR count). The van der Waals surface area contributed by atoms with Crippen molar-refractivity contribution in [3.05, 3.63) is 174 Å². The van der Waals surface area contributed by atoms with Crippen molar-refractivity contribution in [3.8, 4) is 56.5 Å².